The Morgan fingerprint density at radius 3 is 2.30 bits per heavy atom. The Balaban J connectivity index is 2.06. The topological polar surface area (TPSA) is 58.6 Å². The monoisotopic (exact) mass is 408 g/mol. The van der Waals surface area contributed by atoms with Gasteiger partial charge in [-0.05, 0) is 31.4 Å². The number of amides is 1. The van der Waals surface area contributed by atoms with Crippen LogP contribution in [0, 0.1) is 0 Å². The van der Waals surface area contributed by atoms with E-state index in [0.29, 0.717) is 12.8 Å². The van der Waals surface area contributed by atoms with Crippen LogP contribution in [0.3, 0.4) is 0 Å². The number of nitrogens with zero attached hydrogens (tertiary/aromatic N) is 1. The number of hydrogen-bond acceptors (Lipinski definition) is 4. The Kier molecular flexibility index (Phi) is 7.27. The predicted molar refractivity (Wildman–Crippen MR) is 119 cm³/mol. The summed E-state index contributed by atoms with van der Waals surface area (Å²) in [5.41, 5.74) is 2.06. The number of hydroxylamine groups is 2. The highest BCUT2D eigenvalue weighted by atomic mass is 16.7. The third-order valence-corrected chi connectivity index (χ3v) is 5.63. The summed E-state index contributed by atoms with van der Waals surface area (Å²) in [6.07, 6.45) is 3.35. The van der Waals surface area contributed by atoms with Gasteiger partial charge in [0.1, 0.15) is 17.9 Å². The molecule has 0 aliphatic carbocycles. The lowest BCUT2D eigenvalue weighted by Crippen LogP contribution is -2.53. The molecule has 0 unspecified atom stereocenters. The van der Waals surface area contributed by atoms with Crippen LogP contribution < -0.4 is 5.32 Å². The number of fused-ring (bicyclic) bond motifs is 1. The van der Waals surface area contributed by atoms with E-state index in [1.165, 1.54) is 5.06 Å². The smallest absolute Gasteiger partial charge is 0.272 e. The first-order valence-corrected chi connectivity index (χ1v) is 10.9. The summed E-state index contributed by atoms with van der Waals surface area (Å²) >= 11 is 0. The molecule has 2 aromatic rings. The summed E-state index contributed by atoms with van der Waals surface area (Å²) in [6.45, 7) is 6.01. The van der Waals surface area contributed by atoms with Crippen molar-refractivity contribution >= 4 is 17.4 Å². The highest BCUT2D eigenvalue weighted by Crippen LogP contribution is 2.40. The number of carbonyl (C=O) groups excluding carboxylic acids is 2. The number of anilines is 1. The zero-order valence-corrected chi connectivity index (χ0v) is 18.2. The molecule has 5 heteroatoms. The molecule has 1 amide bonds. The van der Waals surface area contributed by atoms with Gasteiger partial charge in [-0.2, -0.15) is 0 Å². The first kappa shape index (κ1) is 22.0. The van der Waals surface area contributed by atoms with E-state index in [4.69, 9.17) is 4.84 Å². The maximum atomic E-state index is 14.0. The van der Waals surface area contributed by atoms with Gasteiger partial charge < -0.3 is 5.32 Å². The molecule has 5 nitrogen and oxygen atoms in total. The SMILES string of the molecule is CCCC1(CCC)Nc2ccccc2[C@@H](CC(C)=O)N(OCc2ccccc2)C1=O. The van der Waals surface area contributed by atoms with Crippen LogP contribution in [0.15, 0.2) is 54.6 Å². The maximum absolute atomic E-state index is 14.0. The van der Waals surface area contributed by atoms with E-state index in [1.807, 2.05) is 54.6 Å². The van der Waals surface area contributed by atoms with Gasteiger partial charge in [-0.25, -0.2) is 5.06 Å². The molecule has 0 radical (unpaired) electrons. The van der Waals surface area contributed by atoms with Gasteiger partial charge in [-0.15, -0.1) is 0 Å². The highest BCUT2D eigenvalue weighted by Gasteiger charge is 2.46. The second kappa shape index (κ2) is 9.90. The number of hydrogen-bond donors (Lipinski definition) is 1. The van der Waals surface area contributed by atoms with Crippen molar-refractivity contribution in [3.8, 4) is 0 Å². The number of para-hydroxylation sites is 1. The van der Waals surface area contributed by atoms with Gasteiger partial charge in [0.15, 0.2) is 0 Å². The van der Waals surface area contributed by atoms with Crippen molar-refractivity contribution in [2.75, 3.05) is 5.32 Å². The molecule has 1 atom stereocenters. The van der Waals surface area contributed by atoms with Gasteiger partial charge >= 0.3 is 0 Å². The van der Waals surface area contributed by atoms with Crippen LogP contribution in [0.4, 0.5) is 5.69 Å². The summed E-state index contributed by atoms with van der Waals surface area (Å²) in [6, 6.07) is 17.2. The second-order valence-electron chi connectivity index (χ2n) is 8.11. The molecule has 160 valence electrons. The van der Waals surface area contributed by atoms with E-state index in [1.54, 1.807) is 6.92 Å². The Morgan fingerprint density at radius 2 is 1.67 bits per heavy atom. The molecule has 1 aliphatic heterocycles. The molecule has 0 saturated heterocycles. The lowest BCUT2D eigenvalue weighted by atomic mass is 9.87. The van der Waals surface area contributed by atoms with Crippen LogP contribution in [0.1, 0.15) is 70.0 Å². The molecule has 1 heterocycles. The summed E-state index contributed by atoms with van der Waals surface area (Å²) in [4.78, 5) is 32.3. The highest BCUT2D eigenvalue weighted by molar-refractivity contribution is 5.91. The molecular weight excluding hydrogens is 376 g/mol. The van der Waals surface area contributed by atoms with Crippen molar-refractivity contribution < 1.29 is 14.4 Å². The number of rotatable bonds is 9. The molecule has 0 spiro atoms. The Labute approximate surface area is 179 Å². The number of nitrogens with one attached hydrogen (secondary N) is 1. The van der Waals surface area contributed by atoms with E-state index in [2.05, 4.69) is 19.2 Å². The van der Waals surface area contributed by atoms with Crippen molar-refractivity contribution in [1.29, 1.82) is 0 Å². The first-order valence-electron chi connectivity index (χ1n) is 10.9. The van der Waals surface area contributed by atoms with Crippen molar-refractivity contribution in [3.05, 3.63) is 65.7 Å². The van der Waals surface area contributed by atoms with Crippen molar-refractivity contribution in [3.63, 3.8) is 0 Å². The number of benzene rings is 2. The first-order chi connectivity index (χ1) is 14.5. The van der Waals surface area contributed by atoms with Crippen molar-refractivity contribution in [2.45, 2.75) is 71.1 Å². The molecule has 1 aliphatic rings. The van der Waals surface area contributed by atoms with Gasteiger partial charge in [0, 0.05) is 17.7 Å². The number of ketones is 1. The molecule has 0 bridgehead atoms. The quantitative estimate of drug-likeness (QED) is 0.601. The molecular formula is C25H32N2O3. The van der Waals surface area contributed by atoms with Crippen molar-refractivity contribution in [2.24, 2.45) is 0 Å². The van der Waals surface area contributed by atoms with Crippen molar-refractivity contribution in [1.82, 2.24) is 5.06 Å². The van der Waals surface area contributed by atoms with Crippen LogP contribution in [0.5, 0.6) is 0 Å². The van der Waals surface area contributed by atoms with Crippen LogP contribution >= 0.6 is 0 Å². The van der Waals surface area contributed by atoms with E-state index >= 15 is 0 Å². The van der Waals surface area contributed by atoms with Gasteiger partial charge in [0.25, 0.3) is 5.91 Å². The minimum atomic E-state index is -0.748. The fourth-order valence-corrected chi connectivity index (χ4v) is 4.34. The third kappa shape index (κ3) is 4.73. The Morgan fingerprint density at radius 1 is 1.03 bits per heavy atom. The largest absolute Gasteiger partial charge is 0.371 e. The summed E-state index contributed by atoms with van der Waals surface area (Å²) in [7, 11) is 0. The van der Waals surface area contributed by atoms with E-state index in [-0.39, 0.29) is 24.7 Å². The average molecular weight is 409 g/mol. The van der Waals surface area contributed by atoms with E-state index < -0.39 is 11.6 Å². The third-order valence-electron chi connectivity index (χ3n) is 5.63. The maximum Gasteiger partial charge on any atom is 0.272 e. The number of carbonyl (C=O) groups is 2. The summed E-state index contributed by atoms with van der Waals surface area (Å²) in [5.74, 6) is -0.0704. The van der Waals surface area contributed by atoms with E-state index in [9.17, 15) is 9.59 Å². The minimum absolute atomic E-state index is 0.0226. The lowest BCUT2D eigenvalue weighted by molar-refractivity contribution is -0.212. The van der Waals surface area contributed by atoms with Gasteiger partial charge in [-0.3, -0.25) is 14.4 Å². The molecule has 3 rings (SSSR count). The average Bonchev–Trinajstić information content (AvgIpc) is 2.82. The van der Waals surface area contributed by atoms with Crippen LogP contribution in [-0.2, 0) is 21.0 Å². The molecule has 30 heavy (non-hydrogen) atoms. The lowest BCUT2D eigenvalue weighted by Gasteiger charge is -2.37. The molecule has 1 N–H and O–H groups in total. The fourth-order valence-electron chi connectivity index (χ4n) is 4.34. The van der Waals surface area contributed by atoms with Crippen LogP contribution in [0.2, 0.25) is 0 Å². The fraction of sp³-hybridized carbons (Fsp3) is 0.440. The van der Waals surface area contributed by atoms with Gasteiger partial charge in [-0.1, -0.05) is 75.2 Å². The zero-order valence-electron chi connectivity index (χ0n) is 18.2. The minimum Gasteiger partial charge on any atom is -0.371 e. The molecule has 0 saturated carbocycles. The van der Waals surface area contributed by atoms with E-state index in [0.717, 1.165) is 29.7 Å². The Bertz CT molecular complexity index is 860. The zero-order chi connectivity index (χ0) is 21.6. The Hall–Kier alpha value is -2.66. The summed E-state index contributed by atoms with van der Waals surface area (Å²) < 4.78 is 0. The normalized spacial score (nSPS) is 17.8. The standard InChI is InChI=1S/C25H32N2O3/c1-4-15-25(16-5-2)24(29)27(30-18-20-11-7-6-8-12-20)23(17-19(3)28)21-13-9-10-14-22(21)26-25/h6-14,23,26H,4-5,15-18H2,1-3H3/t23-/m1/s1. The molecule has 0 fully saturated rings. The second-order valence-corrected chi connectivity index (χ2v) is 8.11. The molecule has 0 aromatic heterocycles. The van der Waals surface area contributed by atoms with Crippen LogP contribution in [-0.4, -0.2) is 22.3 Å². The van der Waals surface area contributed by atoms with Gasteiger partial charge in [0.05, 0.1) is 6.04 Å². The predicted octanol–water partition coefficient (Wildman–Crippen LogP) is 5.43. The van der Waals surface area contributed by atoms with Gasteiger partial charge in [0.2, 0.25) is 0 Å². The van der Waals surface area contributed by atoms with Crippen LogP contribution in [0.25, 0.3) is 0 Å². The molecule has 2 aromatic carbocycles. The number of Topliss-reactive ketones (excluding diaryl/α,β-unsaturated/α-hetero) is 1. The summed E-state index contributed by atoms with van der Waals surface area (Å²) in [5, 5.41) is 5.06.